The van der Waals surface area contributed by atoms with Crippen LogP contribution in [0.3, 0.4) is 0 Å². The van der Waals surface area contributed by atoms with E-state index in [2.05, 4.69) is 62.9 Å². The van der Waals surface area contributed by atoms with Crippen molar-refractivity contribution in [3.8, 4) is 11.4 Å². The Labute approximate surface area is 244 Å². The summed E-state index contributed by atoms with van der Waals surface area (Å²) >= 11 is 1.54. The van der Waals surface area contributed by atoms with E-state index in [-0.39, 0.29) is 5.75 Å². The second-order valence-corrected chi connectivity index (χ2v) is 10.9. The lowest BCUT2D eigenvalue weighted by molar-refractivity contribution is -0.274. The predicted octanol–water partition coefficient (Wildman–Crippen LogP) is 8.66. The Morgan fingerprint density at radius 1 is 1.00 bits per heavy atom. The van der Waals surface area contributed by atoms with Crippen molar-refractivity contribution in [1.29, 1.82) is 0 Å². The van der Waals surface area contributed by atoms with E-state index < -0.39 is 6.36 Å². The lowest BCUT2D eigenvalue weighted by atomic mass is 10.0. The van der Waals surface area contributed by atoms with Gasteiger partial charge >= 0.3 is 6.36 Å². The third-order valence-electron chi connectivity index (χ3n) is 6.89. The Morgan fingerprint density at radius 2 is 1.81 bits per heavy atom. The summed E-state index contributed by atoms with van der Waals surface area (Å²) in [5.41, 5.74) is 5.60. The Hall–Kier alpha value is -4.57. The van der Waals surface area contributed by atoms with E-state index in [9.17, 15) is 13.2 Å². The van der Waals surface area contributed by atoms with E-state index in [0.717, 1.165) is 44.8 Å². The Balaban J connectivity index is 1.25. The van der Waals surface area contributed by atoms with Crippen LogP contribution in [0.4, 0.5) is 18.9 Å². The fraction of sp³-hybridized carbons (Fsp3) is 0.156. The summed E-state index contributed by atoms with van der Waals surface area (Å²) in [6, 6.07) is 24.0. The van der Waals surface area contributed by atoms with Gasteiger partial charge in [0, 0.05) is 23.3 Å². The predicted molar refractivity (Wildman–Crippen MR) is 165 cm³/mol. The second-order valence-electron chi connectivity index (χ2n) is 10.0. The molecule has 0 radical (unpaired) electrons. The molecule has 0 saturated carbocycles. The van der Waals surface area contributed by atoms with Gasteiger partial charge in [-0.05, 0) is 70.3 Å². The summed E-state index contributed by atoms with van der Waals surface area (Å²) in [7, 11) is 0. The topological polar surface area (TPSA) is 55.0 Å². The third kappa shape index (κ3) is 5.75. The monoisotopic (exact) mass is 585 g/mol. The number of ether oxygens (including phenoxy) is 1. The number of amidine groups is 1. The number of halogens is 3. The van der Waals surface area contributed by atoms with Gasteiger partial charge in [0.2, 0.25) is 0 Å². The number of hydrogen-bond acceptors (Lipinski definition) is 5. The molecule has 0 fully saturated rings. The average molecular weight is 586 g/mol. The number of alkyl halides is 3. The highest BCUT2D eigenvalue weighted by atomic mass is 32.2. The first-order chi connectivity index (χ1) is 20.3. The molecule has 212 valence electrons. The van der Waals surface area contributed by atoms with Crippen molar-refractivity contribution in [3.05, 3.63) is 108 Å². The van der Waals surface area contributed by atoms with Crippen molar-refractivity contribution >= 4 is 50.6 Å². The smallest absolute Gasteiger partial charge is 0.406 e. The normalized spacial score (nSPS) is 15.1. The van der Waals surface area contributed by atoms with Gasteiger partial charge in [-0.1, -0.05) is 68.1 Å². The van der Waals surface area contributed by atoms with Crippen molar-refractivity contribution < 1.29 is 17.9 Å². The maximum absolute atomic E-state index is 12.5. The number of aromatic nitrogens is 2. The van der Waals surface area contributed by atoms with Gasteiger partial charge in [-0.15, -0.1) is 18.3 Å². The van der Waals surface area contributed by atoms with Gasteiger partial charge in [0.1, 0.15) is 12.1 Å². The number of rotatable bonds is 6. The maximum Gasteiger partial charge on any atom is 0.573 e. The summed E-state index contributed by atoms with van der Waals surface area (Å²) in [5, 5.41) is 13.8. The summed E-state index contributed by atoms with van der Waals surface area (Å²) in [6.45, 7) is 5.11. The molecule has 0 saturated heterocycles. The highest BCUT2D eigenvalue weighted by Crippen LogP contribution is 2.32. The first kappa shape index (κ1) is 27.6. The molecule has 0 N–H and O–H groups in total. The molecule has 6 rings (SSSR count). The van der Waals surface area contributed by atoms with Gasteiger partial charge in [0.15, 0.2) is 5.17 Å². The van der Waals surface area contributed by atoms with Gasteiger partial charge < -0.3 is 9.64 Å². The molecule has 1 aliphatic rings. The molecule has 0 bridgehead atoms. The van der Waals surface area contributed by atoms with Crippen LogP contribution in [0.15, 0.2) is 107 Å². The van der Waals surface area contributed by atoms with Crippen LogP contribution in [0.25, 0.3) is 27.5 Å². The number of nitrogens with zero attached hydrogens (tertiary/aromatic N) is 5. The second kappa shape index (κ2) is 11.4. The van der Waals surface area contributed by atoms with Crippen molar-refractivity contribution in [3.63, 3.8) is 0 Å². The molecule has 4 aromatic carbocycles. The van der Waals surface area contributed by atoms with Crippen LogP contribution in [0, 0.1) is 0 Å². The molecule has 0 atom stereocenters. The first-order valence-corrected chi connectivity index (χ1v) is 14.2. The highest BCUT2D eigenvalue weighted by Gasteiger charge is 2.31. The molecule has 5 aromatic rings. The van der Waals surface area contributed by atoms with Crippen LogP contribution in [-0.2, 0) is 0 Å². The first-order valence-electron chi connectivity index (χ1n) is 13.3. The molecule has 2 heterocycles. The standard InChI is InChI=1S/C32H26F3N5OS/c1-21(2)26-6-3-4-7-28(26)39-16-5-17-42-31(39)38-37-19-22-8-14-27-23(18-22)9-15-29-30(27)36-20-40(29)24-10-12-25(13-11-24)41-32(33,34)35/h3-15,17-21H,16H2,1-2H3/b37-19-,38-31+. The summed E-state index contributed by atoms with van der Waals surface area (Å²) < 4.78 is 43.4. The van der Waals surface area contributed by atoms with E-state index in [0.29, 0.717) is 11.6 Å². The van der Waals surface area contributed by atoms with Crippen molar-refractivity contribution in [1.82, 2.24) is 9.55 Å². The van der Waals surface area contributed by atoms with E-state index in [1.54, 1.807) is 36.4 Å². The van der Waals surface area contributed by atoms with Gasteiger partial charge in [0.25, 0.3) is 0 Å². The van der Waals surface area contributed by atoms with Crippen LogP contribution in [0.5, 0.6) is 5.75 Å². The van der Waals surface area contributed by atoms with Crippen molar-refractivity contribution in [2.24, 2.45) is 10.2 Å². The zero-order chi connectivity index (χ0) is 29.3. The van der Waals surface area contributed by atoms with Gasteiger partial charge in [-0.2, -0.15) is 5.10 Å². The van der Waals surface area contributed by atoms with Gasteiger partial charge in [0.05, 0.1) is 17.2 Å². The SMILES string of the molecule is CC(C)c1ccccc1N1CC=CS/C1=N/N=C\c1ccc2c(ccc3c2ncn3-c2ccc(OC(F)(F)F)cc2)c1. The largest absolute Gasteiger partial charge is 0.573 e. The quantitative estimate of drug-likeness (QED) is 0.148. The molecule has 0 unspecified atom stereocenters. The fourth-order valence-corrected chi connectivity index (χ4v) is 5.67. The maximum atomic E-state index is 12.5. The Morgan fingerprint density at radius 3 is 2.60 bits per heavy atom. The lowest BCUT2D eigenvalue weighted by Crippen LogP contribution is -2.31. The highest BCUT2D eigenvalue weighted by molar-refractivity contribution is 8.16. The van der Waals surface area contributed by atoms with Crippen LogP contribution in [0.2, 0.25) is 0 Å². The van der Waals surface area contributed by atoms with Crippen LogP contribution >= 0.6 is 11.8 Å². The molecular weight excluding hydrogens is 559 g/mol. The van der Waals surface area contributed by atoms with Gasteiger partial charge in [-0.3, -0.25) is 4.57 Å². The molecule has 0 spiro atoms. The lowest BCUT2D eigenvalue weighted by Gasteiger charge is -2.28. The van der Waals surface area contributed by atoms with E-state index in [1.807, 2.05) is 46.4 Å². The minimum atomic E-state index is -4.73. The molecule has 1 aromatic heterocycles. The number of hydrogen-bond donors (Lipinski definition) is 0. The number of imidazole rings is 1. The molecular formula is C32H26F3N5OS. The number of fused-ring (bicyclic) bond motifs is 3. The summed E-state index contributed by atoms with van der Waals surface area (Å²) in [6.07, 6.45) is 0.790. The number of para-hydroxylation sites is 1. The summed E-state index contributed by atoms with van der Waals surface area (Å²) in [5.74, 6) is 0.114. The number of thioether (sulfide) groups is 1. The molecule has 0 amide bonds. The van der Waals surface area contributed by atoms with E-state index in [1.165, 1.54) is 17.7 Å². The number of anilines is 1. The van der Waals surface area contributed by atoms with E-state index in [4.69, 9.17) is 0 Å². The molecule has 10 heteroatoms. The Bertz CT molecular complexity index is 1840. The summed E-state index contributed by atoms with van der Waals surface area (Å²) in [4.78, 5) is 6.78. The minimum Gasteiger partial charge on any atom is -0.406 e. The van der Waals surface area contributed by atoms with Crippen LogP contribution in [-0.4, -0.2) is 33.8 Å². The van der Waals surface area contributed by atoms with Crippen LogP contribution < -0.4 is 9.64 Å². The zero-order valence-electron chi connectivity index (χ0n) is 22.8. The van der Waals surface area contributed by atoms with E-state index >= 15 is 0 Å². The minimum absolute atomic E-state index is 0.271. The molecule has 42 heavy (non-hydrogen) atoms. The molecule has 0 aliphatic carbocycles. The molecule has 1 aliphatic heterocycles. The Kier molecular flexibility index (Phi) is 7.47. The fourth-order valence-electron chi connectivity index (χ4n) is 4.97. The zero-order valence-corrected chi connectivity index (χ0v) is 23.6. The molecule has 6 nitrogen and oxygen atoms in total. The van der Waals surface area contributed by atoms with Gasteiger partial charge in [-0.25, -0.2) is 4.98 Å². The number of benzene rings is 4. The van der Waals surface area contributed by atoms with Crippen molar-refractivity contribution in [2.75, 3.05) is 11.4 Å². The average Bonchev–Trinajstić information content (AvgIpc) is 3.41. The van der Waals surface area contributed by atoms with Crippen molar-refractivity contribution in [2.45, 2.75) is 26.1 Å². The van der Waals surface area contributed by atoms with Crippen LogP contribution in [0.1, 0.15) is 30.9 Å². The third-order valence-corrected chi connectivity index (χ3v) is 7.73.